The molecule has 2 aromatic rings. The van der Waals surface area contributed by atoms with Crippen molar-refractivity contribution in [1.82, 2.24) is 0 Å². The van der Waals surface area contributed by atoms with Gasteiger partial charge in [0.1, 0.15) is 5.82 Å². The van der Waals surface area contributed by atoms with Crippen molar-refractivity contribution in [3.8, 4) is 0 Å². The fourth-order valence-corrected chi connectivity index (χ4v) is 2.73. The Morgan fingerprint density at radius 1 is 0.950 bits per heavy atom. The minimum absolute atomic E-state index is 0.119. The first-order chi connectivity index (χ1) is 9.56. The zero-order valence-corrected chi connectivity index (χ0v) is 13.1. The fraction of sp³-hybridized carbons (Fsp3) is 0.294. The molecule has 106 valence electrons. The van der Waals surface area contributed by atoms with Gasteiger partial charge in [-0.3, -0.25) is 0 Å². The van der Waals surface area contributed by atoms with Gasteiger partial charge in [0, 0.05) is 0 Å². The van der Waals surface area contributed by atoms with E-state index in [9.17, 15) is 4.39 Å². The van der Waals surface area contributed by atoms with Crippen molar-refractivity contribution in [1.29, 1.82) is 0 Å². The number of hydrogen-bond donors (Lipinski definition) is 0. The summed E-state index contributed by atoms with van der Waals surface area (Å²) in [6.07, 6.45) is 1.97. The molecule has 20 heavy (non-hydrogen) atoms. The normalized spacial score (nSPS) is 12.4. The number of benzene rings is 2. The number of rotatable bonds is 4. The molecule has 0 aliphatic heterocycles. The van der Waals surface area contributed by atoms with Gasteiger partial charge in [0.15, 0.2) is 0 Å². The van der Waals surface area contributed by atoms with Gasteiger partial charge in [-0.15, -0.1) is 11.6 Å². The summed E-state index contributed by atoms with van der Waals surface area (Å²) in [4.78, 5) is 0. The van der Waals surface area contributed by atoms with Crippen LogP contribution in [0.1, 0.15) is 41.5 Å². The summed E-state index contributed by atoms with van der Waals surface area (Å²) in [5, 5.41) is -0.244. The Hall–Kier alpha value is -1.05. The fourth-order valence-electron chi connectivity index (χ4n) is 2.34. The van der Waals surface area contributed by atoms with Crippen molar-refractivity contribution in [2.45, 2.75) is 32.1 Å². The maximum atomic E-state index is 13.5. The molecule has 0 saturated heterocycles. The van der Waals surface area contributed by atoms with Gasteiger partial charge >= 0.3 is 0 Å². The second-order valence-electron chi connectivity index (χ2n) is 4.77. The van der Waals surface area contributed by atoms with Crippen LogP contribution in [0.3, 0.4) is 0 Å². The van der Waals surface area contributed by atoms with Crippen LogP contribution in [0.15, 0.2) is 36.4 Å². The first kappa shape index (κ1) is 15.3. The first-order valence-corrected chi connectivity index (χ1v) is 7.59. The van der Waals surface area contributed by atoms with Gasteiger partial charge in [0.05, 0.1) is 10.4 Å². The monoisotopic (exact) mass is 310 g/mol. The highest BCUT2D eigenvalue weighted by Gasteiger charge is 2.14. The second kappa shape index (κ2) is 6.60. The van der Waals surface area contributed by atoms with Gasteiger partial charge in [-0.2, -0.15) is 0 Å². The Labute approximate surface area is 129 Å². The van der Waals surface area contributed by atoms with E-state index in [1.807, 2.05) is 6.07 Å². The molecule has 3 heteroatoms. The van der Waals surface area contributed by atoms with Crippen molar-refractivity contribution >= 4 is 23.2 Å². The van der Waals surface area contributed by atoms with Crippen molar-refractivity contribution in [2.75, 3.05) is 0 Å². The van der Waals surface area contributed by atoms with Crippen LogP contribution >= 0.6 is 23.2 Å². The molecule has 1 unspecified atom stereocenters. The summed E-state index contributed by atoms with van der Waals surface area (Å²) in [5.74, 6) is -0.435. The van der Waals surface area contributed by atoms with E-state index in [-0.39, 0.29) is 10.4 Å². The molecule has 0 aliphatic carbocycles. The lowest BCUT2D eigenvalue weighted by Gasteiger charge is -2.14. The Morgan fingerprint density at radius 3 is 2.15 bits per heavy atom. The van der Waals surface area contributed by atoms with E-state index < -0.39 is 5.82 Å². The zero-order valence-electron chi connectivity index (χ0n) is 11.6. The maximum absolute atomic E-state index is 13.5. The minimum atomic E-state index is -0.435. The van der Waals surface area contributed by atoms with Crippen LogP contribution in [0.25, 0.3) is 0 Å². The summed E-state index contributed by atoms with van der Waals surface area (Å²) in [7, 11) is 0. The molecule has 2 rings (SSSR count). The highest BCUT2D eigenvalue weighted by molar-refractivity contribution is 6.30. The van der Waals surface area contributed by atoms with E-state index in [2.05, 4.69) is 26.0 Å². The Morgan fingerprint density at radius 2 is 1.55 bits per heavy atom. The van der Waals surface area contributed by atoms with Gasteiger partial charge in [-0.1, -0.05) is 49.7 Å². The third-order valence-corrected chi connectivity index (χ3v) is 4.33. The third-order valence-electron chi connectivity index (χ3n) is 3.52. The molecular formula is C17H17Cl2F. The van der Waals surface area contributed by atoms with E-state index >= 15 is 0 Å². The molecule has 0 heterocycles. The first-order valence-electron chi connectivity index (χ1n) is 6.77. The van der Waals surface area contributed by atoms with Gasteiger partial charge in [-0.25, -0.2) is 4.39 Å². The van der Waals surface area contributed by atoms with Crippen molar-refractivity contribution in [3.63, 3.8) is 0 Å². The predicted octanol–water partition coefficient (Wildman–Crippen LogP) is 5.93. The molecular weight excluding hydrogens is 294 g/mol. The molecule has 0 radical (unpaired) electrons. The van der Waals surface area contributed by atoms with Gasteiger partial charge in [0.2, 0.25) is 0 Å². The van der Waals surface area contributed by atoms with Crippen LogP contribution in [0.5, 0.6) is 0 Å². The van der Waals surface area contributed by atoms with Crippen LogP contribution in [0.2, 0.25) is 5.02 Å². The predicted molar refractivity (Wildman–Crippen MR) is 84.3 cm³/mol. The highest BCUT2D eigenvalue weighted by Crippen LogP contribution is 2.32. The largest absolute Gasteiger partial charge is 0.205 e. The van der Waals surface area contributed by atoms with Crippen molar-refractivity contribution in [2.24, 2.45) is 0 Å². The lowest BCUT2D eigenvalue weighted by atomic mass is 9.96. The van der Waals surface area contributed by atoms with Crippen LogP contribution < -0.4 is 0 Å². The molecule has 0 aromatic heterocycles. The zero-order chi connectivity index (χ0) is 14.7. The lowest BCUT2D eigenvalue weighted by molar-refractivity contribution is 0.626. The Balaban J connectivity index is 2.37. The van der Waals surface area contributed by atoms with E-state index in [1.54, 1.807) is 12.1 Å². The van der Waals surface area contributed by atoms with Crippen LogP contribution in [0.4, 0.5) is 4.39 Å². The van der Waals surface area contributed by atoms with E-state index in [4.69, 9.17) is 23.2 Å². The standard InChI is InChI=1S/C17H17Cl2F/c1-3-11-5-6-13(9-12(11)4-2)17(19)14-7-8-15(18)16(20)10-14/h5-10,17H,3-4H2,1-2H3. The molecule has 0 saturated carbocycles. The quantitative estimate of drug-likeness (QED) is 0.614. The van der Waals surface area contributed by atoms with Crippen molar-refractivity contribution < 1.29 is 4.39 Å². The second-order valence-corrected chi connectivity index (χ2v) is 5.61. The van der Waals surface area contributed by atoms with Crippen LogP contribution in [-0.2, 0) is 12.8 Å². The Bertz CT molecular complexity index is 608. The molecule has 0 aliphatic rings. The topological polar surface area (TPSA) is 0 Å². The molecule has 0 nitrogen and oxygen atoms in total. The summed E-state index contributed by atoms with van der Waals surface area (Å²) < 4.78 is 13.5. The molecule has 0 amide bonds. The molecule has 0 N–H and O–H groups in total. The summed E-state index contributed by atoms with van der Waals surface area (Å²) in [5.41, 5.74) is 4.34. The van der Waals surface area contributed by atoms with Crippen LogP contribution in [-0.4, -0.2) is 0 Å². The smallest absolute Gasteiger partial charge is 0.142 e. The number of aryl methyl sites for hydroxylation is 2. The number of alkyl halides is 1. The highest BCUT2D eigenvalue weighted by atomic mass is 35.5. The van der Waals surface area contributed by atoms with Gasteiger partial charge in [0.25, 0.3) is 0 Å². The average Bonchev–Trinajstić information content (AvgIpc) is 2.48. The van der Waals surface area contributed by atoms with Crippen molar-refractivity contribution in [3.05, 3.63) is 69.5 Å². The Kier molecular flexibility index (Phi) is 5.06. The number of hydrogen-bond acceptors (Lipinski definition) is 0. The van der Waals surface area contributed by atoms with E-state index in [0.717, 1.165) is 24.0 Å². The average molecular weight is 311 g/mol. The molecule has 2 aromatic carbocycles. The molecule has 0 fully saturated rings. The molecule has 0 bridgehead atoms. The van der Waals surface area contributed by atoms with Crippen LogP contribution in [0, 0.1) is 5.82 Å². The SMILES string of the molecule is CCc1ccc(C(Cl)c2ccc(Cl)c(F)c2)cc1CC. The third kappa shape index (κ3) is 3.16. The van der Waals surface area contributed by atoms with E-state index in [0.29, 0.717) is 0 Å². The summed E-state index contributed by atoms with van der Waals surface area (Å²) >= 11 is 12.2. The number of halogens is 3. The maximum Gasteiger partial charge on any atom is 0.142 e. The van der Waals surface area contributed by atoms with Gasteiger partial charge < -0.3 is 0 Å². The summed E-state index contributed by atoms with van der Waals surface area (Å²) in [6.45, 7) is 4.27. The molecule has 1 atom stereocenters. The van der Waals surface area contributed by atoms with Gasteiger partial charge in [-0.05, 0) is 47.2 Å². The lowest BCUT2D eigenvalue weighted by Crippen LogP contribution is -1.98. The summed E-state index contributed by atoms with van der Waals surface area (Å²) in [6, 6.07) is 10.9. The molecule has 0 spiro atoms. The minimum Gasteiger partial charge on any atom is -0.205 e. The van der Waals surface area contributed by atoms with E-state index in [1.165, 1.54) is 17.2 Å².